The number of hydrogen-bond acceptors (Lipinski definition) is 2. The van der Waals surface area contributed by atoms with Crippen LogP contribution in [0.5, 0.6) is 0 Å². The van der Waals surface area contributed by atoms with Gasteiger partial charge in [0.25, 0.3) is 0 Å². The minimum atomic E-state index is -0.218. The van der Waals surface area contributed by atoms with Crippen LogP contribution in [-0.4, -0.2) is 23.6 Å². The monoisotopic (exact) mass is 393 g/mol. The van der Waals surface area contributed by atoms with Crippen LogP contribution in [0.3, 0.4) is 0 Å². The zero-order valence-electron chi connectivity index (χ0n) is 15.9. The normalized spacial score (nSPS) is 15.2. The van der Waals surface area contributed by atoms with Gasteiger partial charge in [-0.2, -0.15) is 0 Å². The molecule has 1 N–H and O–H groups in total. The average Bonchev–Trinajstić information content (AvgIpc) is 3.20. The van der Waals surface area contributed by atoms with Crippen LogP contribution in [0.25, 0.3) is 5.69 Å². The van der Waals surface area contributed by atoms with Crippen molar-refractivity contribution in [1.82, 2.24) is 9.88 Å². The Morgan fingerprint density at radius 1 is 1.07 bits per heavy atom. The van der Waals surface area contributed by atoms with Crippen molar-refractivity contribution in [3.63, 3.8) is 0 Å². The van der Waals surface area contributed by atoms with Gasteiger partial charge in [0.1, 0.15) is 6.04 Å². The number of para-hydroxylation sites is 2. The maximum atomic E-state index is 13.3. The first-order valence-electron chi connectivity index (χ1n) is 9.75. The molecule has 2 aromatic carbocycles. The molecule has 5 heteroatoms. The molecule has 3 aromatic rings. The number of carbonyl (C=O) groups excluding carboxylic acids is 1. The van der Waals surface area contributed by atoms with E-state index in [-0.39, 0.29) is 11.9 Å². The topological polar surface area (TPSA) is 37.3 Å². The summed E-state index contributed by atoms with van der Waals surface area (Å²) in [5, 5.41) is 3.96. The van der Waals surface area contributed by atoms with Crippen LogP contribution >= 0.6 is 11.6 Å². The molecule has 0 unspecified atom stereocenters. The van der Waals surface area contributed by atoms with Crippen molar-refractivity contribution in [2.24, 2.45) is 0 Å². The molecule has 0 radical (unpaired) electrons. The number of hydrogen-bond donors (Lipinski definition) is 1. The van der Waals surface area contributed by atoms with Crippen molar-refractivity contribution in [3.8, 4) is 5.69 Å². The zero-order chi connectivity index (χ0) is 19.5. The summed E-state index contributed by atoms with van der Waals surface area (Å²) in [7, 11) is 0. The predicted octanol–water partition coefficient (Wildman–Crippen LogP) is 4.96. The molecular formula is C23H24ClN3O. The quantitative estimate of drug-likeness (QED) is 0.601. The number of carbonyl (C=O) groups is 1. The lowest BCUT2D eigenvalue weighted by Crippen LogP contribution is -2.44. The molecule has 0 aliphatic carbocycles. The summed E-state index contributed by atoms with van der Waals surface area (Å²) in [6, 6.07) is 19.7. The molecule has 0 fully saturated rings. The molecule has 0 bridgehead atoms. The van der Waals surface area contributed by atoms with E-state index in [9.17, 15) is 4.79 Å². The van der Waals surface area contributed by atoms with Crippen molar-refractivity contribution >= 4 is 23.2 Å². The largest absolute Gasteiger partial charge is 0.316 e. The number of halogens is 1. The minimum absolute atomic E-state index is 0.0565. The van der Waals surface area contributed by atoms with Gasteiger partial charge in [-0.15, -0.1) is 0 Å². The standard InChI is InChI=1S/C23H24ClN3O/c1-2-3-13-25-16-22(28)27-20-11-5-4-10-19(20)26-14-7-12-21(26)23(27)17-8-6-9-18(24)15-17/h4-12,14-15,23,25H,2-3,13,16H2,1H3/t23-/m0/s1. The van der Waals surface area contributed by atoms with Gasteiger partial charge in [-0.25, -0.2) is 0 Å². The maximum absolute atomic E-state index is 13.3. The van der Waals surface area contributed by atoms with Crippen LogP contribution in [-0.2, 0) is 4.79 Å². The van der Waals surface area contributed by atoms with Crippen LogP contribution in [0.15, 0.2) is 66.9 Å². The molecule has 1 atom stereocenters. The summed E-state index contributed by atoms with van der Waals surface area (Å²) in [5.41, 5.74) is 3.99. The van der Waals surface area contributed by atoms with Gasteiger partial charge in [-0.05, 0) is 54.9 Å². The SMILES string of the molecule is CCCCNCC(=O)N1c2ccccc2-n2cccc2[C@@H]1c1cccc(Cl)c1. The van der Waals surface area contributed by atoms with Crippen LogP contribution in [0.2, 0.25) is 5.02 Å². The predicted molar refractivity (Wildman–Crippen MR) is 114 cm³/mol. The summed E-state index contributed by atoms with van der Waals surface area (Å²) in [4.78, 5) is 15.3. The zero-order valence-corrected chi connectivity index (χ0v) is 16.7. The average molecular weight is 394 g/mol. The smallest absolute Gasteiger partial charge is 0.241 e. The van der Waals surface area contributed by atoms with E-state index in [1.165, 1.54) is 0 Å². The third-order valence-corrected chi connectivity index (χ3v) is 5.37. The highest BCUT2D eigenvalue weighted by atomic mass is 35.5. The summed E-state index contributed by atoms with van der Waals surface area (Å²) >= 11 is 6.29. The first-order chi connectivity index (χ1) is 13.7. The molecule has 4 nitrogen and oxygen atoms in total. The summed E-state index contributed by atoms with van der Waals surface area (Å²) < 4.78 is 2.16. The fourth-order valence-corrected chi connectivity index (χ4v) is 4.04. The van der Waals surface area contributed by atoms with E-state index in [4.69, 9.17) is 11.6 Å². The van der Waals surface area contributed by atoms with Crippen molar-refractivity contribution in [2.45, 2.75) is 25.8 Å². The van der Waals surface area contributed by atoms with Crippen LogP contribution in [0.4, 0.5) is 5.69 Å². The first kappa shape index (κ1) is 18.8. The number of nitrogens with zero attached hydrogens (tertiary/aromatic N) is 2. The second-order valence-corrected chi connectivity index (χ2v) is 7.48. The highest BCUT2D eigenvalue weighted by Crippen LogP contribution is 2.42. The lowest BCUT2D eigenvalue weighted by molar-refractivity contribution is -0.118. The van der Waals surface area contributed by atoms with Crippen molar-refractivity contribution in [1.29, 1.82) is 0 Å². The third kappa shape index (κ3) is 3.46. The fourth-order valence-electron chi connectivity index (χ4n) is 3.84. The Morgan fingerprint density at radius 2 is 1.89 bits per heavy atom. The molecule has 0 saturated heterocycles. The molecule has 2 heterocycles. The Hall–Kier alpha value is -2.56. The van der Waals surface area contributed by atoms with Gasteiger partial charge in [0.2, 0.25) is 5.91 Å². The van der Waals surface area contributed by atoms with Crippen molar-refractivity contribution < 1.29 is 4.79 Å². The molecule has 4 rings (SSSR count). The van der Waals surface area contributed by atoms with E-state index in [0.717, 1.165) is 42.0 Å². The number of rotatable bonds is 6. The molecule has 1 aliphatic heterocycles. The fraction of sp³-hybridized carbons (Fsp3) is 0.261. The van der Waals surface area contributed by atoms with Gasteiger partial charge in [0.15, 0.2) is 0 Å². The van der Waals surface area contributed by atoms with E-state index in [1.54, 1.807) is 0 Å². The molecule has 1 aliphatic rings. The maximum Gasteiger partial charge on any atom is 0.241 e. The molecule has 0 saturated carbocycles. The van der Waals surface area contributed by atoms with Crippen LogP contribution < -0.4 is 10.2 Å². The lowest BCUT2D eigenvalue weighted by atomic mass is 9.97. The van der Waals surface area contributed by atoms with E-state index in [1.807, 2.05) is 59.6 Å². The Balaban J connectivity index is 1.79. The number of anilines is 1. The highest BCUT2D eigenvalue weighted by molar-refractivity contribution is 6.30. The first-order valence-corrected chi connectivity index (χ1v) is 10.1. The number of aromatic nitrogens is 1. The van der Waals surface area contributed by atoms with Gasteiger partial charge in [-0.3, -0.25) is 9.69 Å². The lowest BCUT2D eigenvalue weighted by Gasteiger charge is -2.38. The Morgan fingerprint density at radius 3 is 2.68 bits per heavy atom. The molecule has 1 aromatic heterocycles. The van der Waals surface area contributed by atoms with Gasteiger partial charge in [0.05, 0.1) is 23.6 Å². The summed E-state index contributed by atoms with van der Waals surface area (Å²) in [6.45, 7) is 3.30. The minimum Gasteiger partial charge on any atom is -0.316 e. The highest BCUT2D eigenvalue weighted by Gasteiger charge is 2.35. The van der Waals surface area contributed by atoms with E-state index in [0.29, 0.717) is 11.6 Å². The van der Waals surface area contributed by atoms with E-state index >= 15 is 0 Å². The second-order valence-electron chi connectivity index (χ2n) is 7.04. The van der Waals surface area contributed by atoms with Crippen molar-refractivity contribution in [3.05, 3.63) is 83.1 Å². The number of benzene rings is 2. The Labute approximate surface area is 170 Å². The van der Waals surface area contributed by atoms with E-state index < -0.39 is 0 Å². The summed E-state index contributed by atoms with van der Waals surface area (Å²) in [6.07, 6.45) is 4.21. The Bertz CT molecular complexity index is 981. The number of fused-ring (bicyclic) bond motifs is 3. The Kier molecular flexibility index (Phi) is 5.51. The van der Waals surface area contributed by atoms with Gasteiger partial charge < -0.3 is 9.88 Å². The van der Waals surface area contributed by atoms with Crippen molar-refractivity contribution in [2.75, 3.05) is 18.0 Å². The summed E-state index contributed by atoms with van der Waals surface area (Å²) in [5.74, 6) is 0.0565. The molecular weight excluding hydrogens is 370 g/mol. The van der Waals surface area contributed by atoms with E-state index in [2.05, 4.69) is 28.9 Å². The number of unbranched alkanes of at least 4 members (excludes halogenated alkanes) is 1. The van der Waals surface area contributed by atoms with Crippen LogP contribution in [0, 0.1) is 0 Å². The molecule has 1 amide bonds. The van der Waals surface area contributed by atoms with Crippen LogP contribution in [0.1, 0.15) is 37.1 Å². The van der Waals surface area contributed by atoms with Gasteiger partial charge in [0, 0.05) is 11.2 Å². The van der Waals surface area contributed by atoms with Gasteiger partial charge >= 0.3 is 0 Å². The number of nitrogens with one attached hydrogen (secondary N) is 1. The third-order valence-electron chi connectivity index (χ3n) is 5.14. The molecule has 28 heavy (non-hydrogen) atoms. The molecule has 0 spiro atoms. The second kappa shape index (κ2) is 8.21. The van der Waals surface area contributed by atoms with Gasteiger partial charge in [-0.1, -0.05) is 49.2 Å². The molecule has 144 valence electrons. The number of amides is 1.